The minimum atomic E-state index is -0.211. The summed E-state index contributed by atoms with van der Waals surface area (Å²) in [6.07, 6.45) is 12.3. The summed E-state index contributed by atoms with van der Waals surface area (Å²) >= 11 is 1.84. The van der Waals surface area contributed by atoms with E-state index in [2.05, 4.69) is 52.4 Å². The zero-order valence-electron chi connectivity index (χ0n) is 21.4. The Morgan fingerprint density at radius 3 is 2.09 bits per heavy atom. The molecule has 0 radical (unpaired) electrons. The number of piperidine rings is 1. The molecule has 1 atom stereocenters. The van der Waals surface area contributed by atoms with Gasteiger partial charge in [0.05, 0.1) is 6.61 Å². The van der Waals surface area contributed by atoms with Crippen molar-refractivity contribution >= 4 is 42.9 Å². The monoisotopic (exact) mass is 584 g/mol. The summed E-state index contributed by atoms with van der Waals surface area (Å²) in [5, 5.41) is 3.32. The molecule has 5 nitrogen and oxygen atoms in total. The zero-order chi connectivity index (χ0) is 24.6. The Hall–Kier alpha value is -0.0200. The molecule has 1 amide bonds. The number of hydrogen-bond donors (Lipinski definition) is 2. The molecule has 0 spiro atoms. The van der Waals surface area contributed by atoms with Crippen LogP contribution in [0.4, 0.5) is 0 Å². The third kappa shape index (κ3) is 13.6. The van der Waals surface area contributed by atoms with E-state index in [1.807, 2.05) is 21.2 Å². The van der Waals surface area contributed by atoms with Gasteiger partial charge in [0.1, 0.15) is 0 Å². The first-order chi connectivity index (χ1) is 15.2. The molecule has 32 heavy (non-hydrogen) atoms. The van der Waals surface area contributed by atoms with Gasteiger partial charge >= 0.3 is 5.97 Å². The number of rotatable bonds is 10. The molecule has 1 unspecified atom stereocenters. The van der Waals surface area contributed by atoms with Crippen molar-refractivity contribution in [3.05, 3.63) is 0 Å². The molecular formula is C25H49IN2O3S. The van der Waals surface area contributed by atoms with E-state index in [9.17, 15) is 9.59 Å². The Kier molecular flexibility index (Phi) is 18.3. The Balaban J connectivity index is 0.00000104. The van der Waals surface area contributed by atoms with Gasteiger partial charge in [0, 0.05) is 24.4 Å². The number of carbonyl (C=O) groups excluding carboxylic acids is 2. The number of amides is 1. The normalized spacial score (nSPS) is 18.9. The van der Waals surface area contributed by atoms with E-state index >= 15 is 0 Å². The molecule has 0 aromatic rings. The van der Waals surface area contributed by atoms with Gasteiger partial charge in [0.2, 0.25) is 5.91 Å². The maximum absolute atomic E-state index is 12.5. The summed E-state index contributed by atoms with van der Waals surface area (Å²) in [6, 6.07) is 0.738. The van der Waals surface area contributed by atoms with Gasteiger partial charge in [-0.2, -0.15) is 0 Å². The van der Waals surface area contributed by atoms with Crippen LogP contribution in [-0.4, -0.2) is 48.1 Å². The first-order valence-electron chi connectivity index (χ1n) is 12.6. The molecule has 2 rings (SSSR count). The smallest absolute Gasteiger partial charge is 0.302 e. The maximum atomic E-state index is 12.5. The van der Waals surface area contributed by atoms with E-state index in [1.165, 1.54) is 45.4 Å². The van der Waals surface area contributed by atoms with E-state index in [1.54, 1.807) is 6.92 Å². The van der Waals surface area contributed by atoms with Crippen molar-refractivity contribution in [3.63, 3.8) is 0 Å². The number of ether oxygens (including phenoxy) is 1. The van der Waals surface area contributed by atoms with Gasteiger partial charge < -0.3 is 15.0 Å². The molecule has 0 bridgehead atoms. The number of likely N-dealkylation sites (tertiary alicyclic amines) is 1. The quantitative estimate of drug-likeness (QED) is 0.173. The molecule has 1 aliphatic heterocycles. The molecule has 1 heterocycles. The highest BCUT2D eigenvalue weighted by Crippen LogP contribution is 2.32. The molecule has 1 saturated carbocycles. The van der Waals surface area contributed by atoms with Crippen LogP contribution in [0.2, 0.25) is 0 Å². The minimum Gasteiger partial charge on any atom is -0.466 e. The lowest BCUT2D eigenvalue weighted by Gasteiger charge is -2.42. The third-order valence-electron chi connectivity index (χ3n) is 6.59. The fourth-order valence-corrected chi connectivity index (χ4v) is 4.57. The maximum Gasteiger partial charge on any atom is 0.302 e. The van der Waals surface area contributed by atoms with Gasteiger partial charge in [-0.25, -0.2) is 0 Å². The van der Waals surface area contributed by atoms with Crippen LogP contribution in [-0.2, 0) is 14.3 Å². The minimum absolute atomic E-state index is 0.107. The topological polar surface area (TPSA) is 58.6 Å². The van der Waals surface area contributed by atoms with Crippen LogP contribution < -0.4 is 5.32 Å². The van der Waals surface area contributed by atoms with Gasteiger partial charge in [-0.1, -0.05) is 40.0 Å². The highest BCUT2D eigenvalue weighted by Gasteiger charge is 2.36. The second-order valence-corrected chi connectivity index (χ2v) is 9.91. The highest BCUT2D eigenvalue weighted by molar-refractivity contribution is 14.2. The Labute approximate surface area is 215 Å². The summed E-state index contributed by atoms with van der Waals surface area (Å²) in [6.45, 7) is 15.0. The number of halogens is 1. The fraction of sp³-hybridized carbons (Fsp3) is 0.920. The Morgan fingerprint density at radius 2 is 1.72 bits per heavy atom. The van der Waals surface area contributed by atoms with Gasteiger partial charge in [0.25, 0.3) is 0 Å². The number of esters is 1. The first kappa shape index (κ1) is 32.0. The number of nitrogens with one attached hydrogen (secondary N) is 1. The van der Waals surface area contributed by atoms with E-state index < -0.39 is 0 Å². The third-order valence-corrected chi connectivity index (χ3v) is 6.59. The molecule has 0 aromatic carbocycles. The van der Waals surface area contributed by atoms with E-state index in [0.29, 0.717) is 12.5 Å². The van der Waals surface area contributed by atoms with E-state index in [0.717, 1.165) is 50.7 Å². The summed E-state index contributed by atoms with van der Waals surface area (Å²) in [7, 11) is 3.50. The second-order valence-electron chi connectivity index (χ2n) is 9.91. The highest BCUT2D eigenvalue weighted by atomic mass is 127. The lowest BCUT2D eigenvalue weighted by Crippen LogP contribution is -2.54. The van der Waals surface area contributed by atoms with Crippen LogP contribution in [0.15, 0.2) is 0 Å². The Morgan fingerprint density at radius 1 is 1.12 bits per heavy atom. The van der Waals surface area contributed by atoms with Crippen molar-refractivity contribution in [2.45, 2.75) is 117 Å². The largest absolute Gasteiger partial charge is 0.466 e. The van der Waals surface area contributed by atoms with Gasteiger partial charge in [0.15, 0.2) is 0 Å². The average Bonchev–Trinajstić information content (AvgIpc) is 2.73. The fourth-order valence-electron chi connectivity index (χ4n) is 4.57. The van der Waals surface area contributed by atoms with Crippen molar-refractivity contribution in [2.75, 3.05) is 19.7 Å². The molecule has 1 aliphatic carbocycles. The van der Waals surface area contributed by atoms with Crippen LogP contribution in [0.25, 0.3) is 0 Å². The lowest BCUT2D eigenvalue weighted by atomic mass is 9.78. The van der Waals surface area contributed by atoms with E-state index in [4.69, 9.17) is 0 Å². The average molecular weight is 585 g/mol. The molecule has 1 saturated heterocycles. The predicted molar refractivity (Wildman–Crippen MR) is 147 cm³/mol. The molecular weight excluding hydrogens is 535 g/mol. The van der Waals surface area contributed by atoms with Crippen molar-refractivity contribution in [1.29, 1.82) is 0 Å². The zero-order valence-corrected chi connectivity index (χ0v) is 24.5. The van der Waals surface area contributed by atoms with E-state index in [-0.39, 0.29) is 17.4 Å². The van der Waals surface area contributed by atoms with Crippen LogP contribution in [0.3, 0.4) is 0 Å². The number of hydrogen-bond acceptors (Lipinski definition) is 5. The van der Waals surface area contributed by atoms with Crippen LogP contribution in [0.5, 0.6) is 0 Å². The van der Waals surface area contributed by atoms with Crippen LogP contribution in [0, 0.1) is 11.8 Å². The summed E-state index contributed by atoms with van der Waals surface area (Å²) in [5.74, 6) is 1.17. The molecule has 2 fully saturated rings. The van der Waals surface area contributed by atoms with Gasteiger partial charge in [-0.3, -0.25) is 9.59 Å². The van der Waals surface area contributed by atoms with Gasteiger partial charge in [-0.15, -0.1) is 9.80 Å². The lowest BCUT2D eigenvalue weighted by molar-refractivity contribution is -0.140. The van der Waals surface area contributed by atoms with Crippen molar-refractivity contribution in [2.24, 2.45) is 11.8 Å². The van der Waals surface area contributed by atoms with Crippen molar-refractivity contribution in [1.82, 2.24) is 10.2 Å². The summed E-state index contributed by atoms with van der Waals surface area (Å²) in [5.41, 5.74) is 0.107. The standard InChI is InChI=1S/C21H40N2O.C4H8O2.HIS/c1-5-8-19(10-6-9-17(2)3)23-15-11-18(12-16-23)20(24)22-21(4)13-7-14-21;1-3-6-4(2)5;1-2/h17-19H,5-16H2,1-4H3,(H,22,24);3H2,1-2H3;2H. The molecule has 2 aliphatic rings. The molecule has 7 heteroatoms. The number of carbonyl (C=O) groups is 2. The predicted octanol–water partition coefficient (Wildman–Crippen LogP) is 6.59. The molecule has 190 valence electrons. The van der Waals surface area contributed by atoms with Crippen molar-refractivity contribution in [3.8, 4) is 0 Å². The summed E-state index contributed by atoms with van der Waals surface area (Å²) < 4.78 is 4.40. The molecule has 0 aromatic heterocycles. The second kappa shape index (κ2) is 18.3. The first-order valence-corrected chi connectivity index (χ1v) is 15.8. The molecule has 1 N–H and O–H groups in total. The van der Waals surface area contributed by atoms with Crippen LogP contribution >= 0.6 is 31.0 Å². The Bertz CT molecular complexity index is 507. The summed E-state index contributed by atoms with van der Waals surface area (Å²) in [4.78, 5) is 25.0. The SMILES string of the molecule is CCCC(CCCC(C)C)N1CCC(C(=O)NC2(C)CCC2)CC1.CCOC(C)=O.SI. The van der Waals surface area contributed by atoms with Crippen molar-refractivity contribution < 1.29 is 14.3 Å². The number of thiol groups is 1. The van der Waals surface area contributed by atoms with Gasteiger partial charge in [-0.05, 0) is 99.0 Å². The number of nitrogens with zero attached hydrogens (tertiary/aromatic N) is 1. The van der Waals surface area contributed by atoms with Crippen LogP contribution in [0.1, 0.15) is 106 Å².